The van der Waals surface area contributed by atoms with E-state index >= 15 is 0 Å². The first-order valence-electron chi connectivity index (χ1n) is 2.07. The zero-order valence-corrected chi connectivity index (χ0v) is 5.80. The van der Waals surface area contributed by atoms with Gasteiger partial charge >= 0.3 is 0 Å². The number of hydrogen-bond donors (Lipinski definition) is 0. The highest BCUT2D eigenvalue weighted by Crippen LogP contribution is 2.47. The van der Waals surface area contributed by atoms with Crippen LogP contribution in [0.3, 0.4) is 0 Å². The molecular formula is C3H7O2PS. The van der Waals surface area contributed by atoms with E-state index in [0.29, 0.717) is 13.2 Å². The summed E-state index contributed by atoms with van der Waals surface area (Å²) in [5.41, 5.74) is 0. The third kappa shape index (κ3) is 1.50. The first kappa shape index (κ1) is 5.70. The average molecular weight is 138 g/mol. The fraction of sp³-hybridized carbons (Fsp3) is 1.00. The van der Waals surface area contributed by atoms with Crippen molar-refractivity contribution in [3.05, 3.63) is 0 Å². The van der Waals surface area contributed by atoms with Gasteiger partial charge < -0.3 is 9.05 Å². The second kappa shape index (κ2) is 1.82. The molecule has 7 heavy (non-hydrogen) atoms. The van der Waals surface area contributed by atoms with Crippen molar-refractivity contribution < 1.29 is 9.05 Å². The largest absolute Gasteiger partial charge is 0.327 e. The molecule has 1 saturated heterocycles. The summed E-state index contributed by atoms with van der Waals surface area (Å²) in [5.74, 6) is 0. The van der Waals surface area contributed by atoms with Gasteiger partial charge in [0.1, 0.15) is 0 Å². The molecule has 42 valence electrons. The van der Waals surface area contributed by atoms with Gasteiger partial charge in [0.15, 0.2) is 6.49 Å². The van der Waals surface area contributed by atoms with Crippen LogP contribution in [-0.4, -0.2) is 19.9 Å². The summed E-state index contributed by atoms with van der Waals surface area (Å²) < 4.78 is 10.1. The fourth-order valence-electron chi connectivity index (χ4n) is 0.443. The summed E-state index contributed by atoms with van der Waals surface area (Å²) in [6.07, 6.45) is 0. The maximum absolute atomic E-state index is 5.04. The molecule has 0 aromatic heterocycles. The van der Waals surface area contributed by atoms with Crippen LogP contribution in [0.4, 0.5) is 0 Å². The van der Waals surface area contributed by atoms with Crippen LogP contribution in [0.25, 0.3) is 0 Å². The van der Waals surface area contributed by atoms with Crippen LogP contribution in [-0.2, 0) is 20.9 Å². The monoisotopic (exact) mass is 138 g/mol. The van der Waals surface area contributed by atoms with Crippen LogP contribution in [0.15, 0.2) is 0 Å². The molecule has 0 unspecified atom stereocenters. The van der Waals surface area contributed by atoms with Gasteiger partial charge in [0, 0.05) is 6.66 Å². The third-order valence-corrected chi connectivity index (χ3v) is 2.67. The van der Waals surface area contributed by atoms with E-state index in [4.69, 9.17) is 20.9 Å². The molecule has 1 aliphatic rings. The van der Waals surface area contributed by atoms with Crippen molar-refractivity contribution in [2.45, 2.75) is 0 Å². The lowest BCUT2D eigenvalue weighted by molar-refractivity contribution is 0.365. The summed E-state index contributed by atoms with van der Waals surface area (Å²) in [7, 11) is 0. The minimum absolute atomic E-state index is 0.688. The van der Waals surface area contributed by atoms with Crippen molar-refractivity contribution in [2.24, 2.45) is 0 Å². The molecule has 1 aliphatic heterocycles. The highest BCUT2D eigenvalue weighted by atomic mass is 32.5. The van der Waals surface area contributed by atoms with E-state index < -0.39 is 6.49 Å². The summed E-state index contributed by atoms with van der Waals surface area (Å²) in [5, 5.41) is 0. The Bertz CT molecular complexity index is 104. The van der Waals surface area contributed by atoms with Crippen LogP contribution >= 0.6 is 6.49 Å². The second-order valence-electron chi connectivity index (χ2n) is 1.44. The Hall–Kier alpha value is 0.570. The molecule has 0 aromatic carbocycles. The summed E-state index contributed by atoms with van der Waals surface area (Å²) in [4.78, 5) is 0. The van der Waals surface area contributed by atoms with E-state index in [0.717, 1.165) is 0 Å². The average Bonchev–Trinajstić information content (AvgIpc) is 1.84. The lowest BCUT2D eigenvalue weighted by atomic mass is 10.8. The smallest absolute Gasteiger partial charge is 0.185 e. The van der Waals surface area contributed by atoms with Crippen molar-refractivity contribution in [2.75, 3.05) is 19.9 Å². The molecular weight excluding hydrogens is 131 g/mol. The standard InChI is InChI=1S/C3H7O2PS/c1-6(7)4-2-3-5-6/h2-3H2,1H3. The molecule has 0 spiro atoms. The molecule has 0 aromatic rings. The maximum atomic E-state index is 5.04. The van der Waals surface area contributed by atoms with E-state index in [-0.39, 0.29) is 0 Å². The van der Waals surface area contributed by atoms with E-state index in [9.17, 15) is 0 Å². The Morgan fingerprint density at radius 3 is 2.00 bits per heavy atom. The minimum atomic E-state index is -1.71. The number of hydrogen-bond acceptors (Lipinski definition) is 3. The van der Waals surface area contributed by atoms with Crippen molar-refractivity contribution in [1.82, 2.24) is 0 Å². The highest BCUT2D eigenvalue weighted by Gasteiger charge is 2.16. The van der Waals surface area contributed by atoms with Gasteiger partial charge in [0.05, 0.1) is 13.2 Å². The van der Waals surface area contributed by atoms with Gasteiger partial charge in [-0.05, 0) is 11.8 Å². The van der Waals surface area contributed by atoms with E-state index in [2.05, 4.69) is 0 Å². The van der Waals surface area contributed by atoms with Crippen molar-refractivity contribution in [1.29, 1.82) is 0 Å². The summed E-state index contributed by atoms with van der Waals surface area (Å²) in [6.45, 7) is 1.51. The van der Waals surface area contributed by atoms with Crippen LogP contribution in [0.5, 0.6) is 0 Å². The SMILES string of the molecule is CP1(=S)OCCO1. The third-order valence-electron chi connectivity index (χ3n) is 0.735. The molecule has 1 rings (SSSR count). The number of rotatable bonds is 0. The first-order valence-corrected chi connectivity index (χ1v) is 5.16. The van der Waals surface area contributed by atoms with Gasteiger partial charge in [0.25, 0.3) is 0 Å². The zero-order chi connectivity index (χ0) is 5.33. The van der Waals surface area contributed by atoms with Gasteiger partial charge in [-0.15, -0.1) is 0 Å². The Kier molecular flexibility index (Phi) is 1.49. The van der Waals surface area contributed by atoms with Gasteiger partial charge in [-0.3, -0.25) is 0 Å². The van der Waals surface area contributed by atoms with Crippen molar-refractivity contribution in [3.8, 4) is 0 Å². The molecule has 0 radical (unpaired) electrons. The molecule has 0 N–H and O–H groups in total. The zero-order valence-electron chi connectivity index (χ0n) is 4.09. The second-order valence-corrected chi connectivity index (χ2v) is 5.49. The van der Waals surface area contributed by atoms with Crippen LogP contribution in [0.2, 0.25) is 0 Å². The minimum Gasteiger partial charge on any atom is -0.327 e. The van der Waals surface area contributed by atoms with Gasteiger partial charge in [-0.1, -0.05) is 0 Å². The molecule has 0 aliphatic carbocycles. The van der Waals surface area contributed by atoms with Crippen molar-refractivity contribution in [3.63, 3.8) is 0 Å². The molecule has 0 amide bonds. The normalized spacial score (nSPS) is 28.1. The molecule has 0 atom stereocenters. The maximum Gasteiger partial charge on any atom is 0.185 e. The Labute approximate surface area is 48.0 Å². The lowest BCUT2D eigenvalue weighted by Gasteiger charge is -2.02. The molecule has 1 heterocycles. The van der Waals surface area contributed by atoms with E-state index in [1.54, 1.807) is 0 Å². The van der Waals surface area contributed by atoms with Gasteiger partial charge in [-0.2, -0.15) is 0 Å². The van der Waals surface area contributed by atoms with E-state index in [1.165, 1.54) is 0 Å². The molecule has 0 bridgehead atoms. The topological polar surface area (TPSA) is 18.5 Å². The van der Waals surface area contributed by atoms with Crippen LogP contribution in [0, 0.1) is 0 Å². The fourth-order valence-corrected chi connectivity index (χ4v) is 1.78. The predicted molar refractivity (Wildman–Crippen MR) is 32.1 cm³/mol. The van der Waals surface area contributed by atoms with Gasteiger partial charge in [0.2, 0.25) is 0 Å². The van der Waals surface area contributed by atoms with Crippen molar-refractivity contribution >= 4 is 18.3 Å². The molecule has 2 nitrogen and oxygen atoms in total. The predicted octanol–water partition coefficient (Wildman–Crippen LogP) is 0.972. The van der Waals surface area contributed by atoms with E-state index in [1.807, 2.05) is 6.66 Å². The molecule has 1 fully saturated rings. The Morgan fingerprint density at radius 2 is 1.86 bits per heavy atom. The van der Waals surface area contributed by atoms with Gasteiger partial charge in [-0.25, -0.2) is 0 Å². The quantitative estimate of drug-likeness (QED) is 0.465. The molecule has 4 heteroatoms. The van der Waals surface area contributed by atoms with Crippen LogP contribution < -0.4 is 0 Å². The summed E-state index contributed by atoms with van der Waals surface area (Å²) >= 11 is 4.88. The summed E-state index contributed by atoms with van der Waals surface area (Å²) in [6, 6.07) is 0. The highest BCUT2D eigenvalue weighted by molar-refractivity contribution is 8.09. The van der Waals surface area contributed by atoms with Crippen LogP contribution in [0.1, 0.15) is 0 Å². The lowest BCUT2D eigenvalue weighted by Crippen LogP contribution is -1.79. The Balaban J connectivity index is 2.57. The first-order chi connectivity index (χ1) is 3.21. The Morgan fingerprint density at radius 1 is 1.43 bits per heavy atom. The molecule has 0 saturated carbocycles.